The van der Waals surface area contributed by atoms with Gasteiger partial charge in [-0.3, -0.25) is 10.1 Å². The lowest BCUT2D eigenvalue weighted by Crippen LogP contribution is -2.24. The van der Waals surface area contributed by atoms with Crippen LogP contribution in [0.5, 0.6) is 0 Å². The SMILES string of the molecule is CC(C)NCc1nccn1Cc1cc(F)ccc1[N+](=O)[O-]. The average Bonchev–Trinajstić information content (AvgIpc) is 2.83. The predicted octanol–water partition coefficient (Wildman–Crippen LogP) is 2.48. The van der Waals surface area contributed by atoms with E-state index in [4.69, 9.17) is 0 Å². The van der Waals surface area contributed by atoms with Gasteiger partial charge < -0.3 is 9.88 Å². The molecule has 0 saturated heterocycles. The highest BCUT2D eigenvalue weighted by atomic mass is 19.1. The number of nitro groups is 1. The van der Waals surface area contributed by atoms with Gasteiger partial charge in [0, 0.05) is 24.5 Å². The molecule has 1 aromatic carbocycles. The van der Waals surface area contributed by atoms with Crippen LogP contribution in [0.2, 0.25) is 0 Å². The number of hydrogen-bond donors (Lipinski definition) is 1. The smallest absolute Gasteiger partial charge is 0.274 e. The van der Waals surface area contributed by atoms with Gasteiger partial charge >= 0.3 is 0 Å². The van der Waals surface area contributed by atoms with E-state index in [1.165, 1.54) is 12.1 Å². The van der Waals surface area contributed by atoms with Crippen LogP contribution in [-0.2, 0) is 13.1 Å². The van der Waals surface area contributed by atoms with Crippen molar-refractivity contribution in [2.75, 3.05) is 0 Å². The Labute approximate surface area is 121 Å². The van der Waals surface area contributed by atoms with Crippen LogP contribution in [0, 0.1) is 15.9 Å². The summed E-state index contributed by atoms with van der Waals surface area (Å²) in [5, 5.41) is 14.2. The average molecular weight is 292 g/mol. The first-order valence-corrected chi connectivity index (χ1v) is 6.63. The molecule has 0 aliphatic carbocycles. The Morgan fingerprint density at radius 3 is 2.90 bits per heavy atom. The highest BCUT2D eigenvalue weighted by Gasteiger charge is 2.16. The second-order valence-electron chi connectivity index (χ2n) is 5.04. The van der Waals surface area contributed by atoms with E-state index < -0.39 is 10.7 Å². The highest BCUT2D eigenvalue weighted by molar-refractivity contribution is 5.40. The van der Waals surface area contributed by atoms with Crippen molar-refractivity contribution in [2.45, 2.75) is 33.0 Å². The number of nitro benzene ring substituents is 1. The molecule has 112 valence electrons. The minimum Gasteiger partial charge on any atom is -0.329 e. The van der Waals surface area contributed by atoms with E-state index in [0.29, 0.717) is 18.2 Å². The third-order valence-corrected chi connectivity index (χ3v) is 3.05. The van der Waals surface area contributed by atoms with Gasteiger partial charge in [-0.05, 0) is 12.1 Å². The summed E-state index contributed by atoms with van der Waals surface area (Å²) in [6, 6.07) is 3.78. The topological polar surface area (TPSA) is 73.0 Å². The van der Waals surface area contributed by atoms with Crippen molar-refractivity contribution >= 4 is 5.69 Å². The van der Waals surface area contributed by atoms with Crippen molar-refractivity contribution in [1.29, 1.82) is 0 Å². The number of imidazole rings is 1. The fraction of sp³-hybridized carbons (Fsp3) is 0.357. The number of rotatable bonds is 6. The number of nitrogens with one attached hydrogen (secondary N) is 1. The van der Waals surface area contributed by atoms with E-state index in [0.717, 1.165) is 11.9 Å². The quantitative estimate of drug-likeness (QED) is 0.655. The maximum absolute atomic E-state index is 13.3. The van der Waals surface area contributed by atoms with E-state index in [2.05, 4.69) is 10.3 Å². The van der Waals surface area contributed by atoms with Crippen LogP contribution >= 0.6 is 0 Å². The van der Waals surface area contributed by atoms with Crippen LogP contribution in [0.3, 0.4) is 0 Å². The Morgan fingerprint density at radius 1 is 1.48 bits per heavy atom. The molecule has 0 saturated carbocycles. The minimum atomic E-state index is -0.502. The van der Waals surface area contributed by atoms with Crippen LogP contribution in [0.25, 0.3) is 0 Å². The van der Waals surface area contributed by atoms with E-state index in [1.54, 1.807) is 17.0 Å². The maximum atomic E-state index is 13.3. The zero-order valence-corrected chi connectivity index (χ0v) is 11.9. The standard InChI is InChI=1S/C14H17FN4O2/c1-10(2)17-8-14-16-5-6-18(14)9-11-7-12(15)3-4-13(11)19(20)21/h3-7,10,17H,8-9H2,1-2H3. The summed E-state index contributed by atoms with van der Waals surface area (Å²) in [5.41, 5.74) is 0.233. The van der Waals surface area contributed by atoms with E-state index in [9.17, 15) is 14.5 Å². The molecule has 0 fully saturated rings. The van der Waals surface area contributed by atoms with Gasteiger partial charge in [-0.25, -0.2) is 9.37 Å². The lowest BCUT2D eigenvalue weighted by atomic mass is 10.1. The number of benzene rings is 1. The second-order valence-corrected chi connectivity index (χ2v) is 5.04. The van der Waals surface area contributed by atoms with Crippen LogP contribution in [0.1, 0.15) is 25.2 Å². The van der Waals surface area contributed by atoms with Crippen LogP contribution < -0.4 is 5.32 Å². The molecule has 2 rings (SSSR count). The van der Waals surface area contributed by atoms with E-state index in [-0.39, 0.29) is 12.2 Å². The summed E-state index contributed by atoms with van der Waals surface area (Å²) < 4.78 is 15.1. The van der Waals surface area contributed by atoms with Crippen molar-refractivity contribution in [3.63, 3.8) is 0 Å². The van der Waals surface area contributed by atoms with Crippen LogP contribution in [0.15, 0.2) is 30.6 Å². The van der Waals surface area contributed by atoms with Crippen molar-refractivity contribution in [3.05, 3.63) is 57.9 Å². The Bertz CT molecular complexity index is 640. The molecule has 0 atom stereocenters. The highest BCUT2D eigenvalue weighted by Crippen LogP contribution is 2.21. The first kappa shape index (κ1) is 15.1. The number of nitrogens with zero attached hydrogens (tertiary/aromatic N) is 3. The molecular formula is C14H17FN4O2. The summed E-state index contributed by atoms with van der Waals surface area (Å²) >= 11 is 0. The Hall–Kier alpha value is -2.28. The van der Waals surface area contributed by atoms with E-state index in [1.807, 2.05) is 13.8 Å². The first-order chi connectivity index (χ1) is 9.97. The summed E-state index contributed by atoms with van der Waals surface area (Å²) in [5.74, 6) is 0.264. The zero-order valence-electron chi connectivity index (χ0n) is 11.9. The van der Waals surface area contributed by atoms with Gasteiger partial charge in [-0.15, -0.1) is 0 Å². The zero-order chi connectivity index (χ0) is 15.4. The Kier molecular flexibility index (Phi) is 4.64. The molecule has 1 aromatic heterocycles. The molecule has 0 amide bonds. The molecule has 1 heterocycles. The maximum Gasteiger partial charge on any atom is 0.274 e. The number of hydrogen-bond acceptors (Lipinski definition) is 4. The fourth-order valence-corrected chi connectivity index (χ4v) is 1.99. The molecule has 0 radical (unpaired) electrons. The van der Waals surface area contributed by atoms with Crippen molar-refractivity contribution in [2.24, 2.45) is 0 Å². The molecule has 0 aliphatic heterocycles. The Morgan fingerprint density at radius 2 is 2.24 bits per heavy atom. The molecule has 1 N–H and O–H groups in total. The van der Waals surface area contributed by atoms with Gasteiger partial charge in [0.15, 0.2) is 0 Å². The number of halogens is 1. The Balaban J connectivity index is 2.24. The van der Waals surface area contributed by atoms with Gasteiger partial charge in [0.25, 0.3) is 5.69 Å². The normalized spacial score (nSPS) is 11.0. The summed E-state index contributed by atoms with van der Waals surface area (Å²) in [7, 11) is 0. The first-order valence-electron chi connectivity index (χ1n) is 6.63. The molecule has 0 unspecified atom stereocenters. The lowest BCUT2D eigenvalue weighted by Gasteiger charge is -2.11. The van der Waals surface area contributed by atoms with Crippen LogP contribution in [0.4, 0.5) is 10.1 Å². The summed E-state index contributed by atoms with van der Waals surface area (Å²) in [6.45, 7) is 4.80. The predicted molar refractivity (Wildman–Crippen MR) is 76.4 cm³/mol. The van der Waals surface area contributed by atoms with Gasteiger partial charge in [0.05, 0.1) is 23.6 Å². The third kappa shape index (κ3) is 3.85. The molecule has 2 aromatic rings. The van der Waals surface area contributed by atoms with Crippen molar-refractivity contribution < 1.29 is 9.31 Å². The van der Waals surface area contributed by atoms with Gasteiger partial charge in [0.1, 0.15) is 11.6 Å². The lowest BCUT2D eigenvalue weighted by molar-refractivity contribution is -0.385. The molecule has 21 heavy (non-hydrogen) atoms. The van der Waals surface area contributed by atoms with Crippen molar-refractivity contribution in [1.82, 2.24) is 14.9 Å². The largest absolute Gasteiger partial charge is 0.329 e. The van der Waals surface area contributed by atoms with Crippen molar-refractivity contribution in [3.8, 4) is 0 Å². The van der Waals surface area contributed by atoms with Gasteiger partial charge in [0.2, 0.25) is 0 Å². The van der Waals surface area contributed by atoms with Gasteiger partial charge in [-0.2, -0.15) is 0 Å². The molecule has 0 bridgehead atoms. The number of aromatic nitrogens is 2. The fourth-order valence-electron chi connectivity index (χ4n) is 1.99. The molecule has 0 spiro atoms. The molecule has 6 nitrogen and oxygen atoms in total. The van der Waals surface area contributed by atoms with Gasteiger partial charge in [-0.1, -0.05) is 13.8 Å². The minimum absolute atomic E-state index is 0.0899. The summed E-state index contributed by atoms with van der Waals surface area (Å²) in [6.07, 6.45) is 3.36. The van der Waals surface area contributed by atoms with E-state index >= 15 is 0 Å². The molecule has 7 heteroatoms. The third-order valence-electron chi connectivity index (χ3n) is 3.05. The monoisotopic (exact) mass is 292 g/mol. The van der Waals surface area contributed by atoms with Crippen LogP contribution in [-0.4, -0.2) is 20.5 Å². The second kappa shape index (κ2) is 6.45. The molecule has 0 aliphatic rings. The summed E-state index contributed by atoms with van der Waals surface area (Å²) in [4.78, 5) is 14.7. The molecular weight excluding hydrogens is 275 g/mol.